The first-order valence-electron chi connectivity index (χ1n) is 4.51. The van der Waals surface area contributed by atoms with Gasteiger partial charge in [0, 0.05) is 6.07 Å². The lowest BCUT2D eigenvalue weighted by molar-refractivity contribution is -0.139. The van der Waals surface area contributed by atoms with Gasteiger partial charge in [0.25, 0.3) is 5.78 Å². The molecule has 0 N–H and O–H groups in total. The molecule has 2 rings (SSSR count). The number of ether oxygens (including phenoxy) is 1. The molecule has 0 aromatic carbocycles. The van der Waals surface area contributed by atoms with Gasteiger partial charge in [0.05, 0.1) is 13.0 Å². The average Bonchev–Trinajstić information content (AvgIpc) is 2.63. The zero-order valence-electron chi connectivity index (χ0n) is 8.28. The Balaban J connectivity index is 2.15. The highest BCUT2D eigenvalue weighted by molar-refractivity contribution is 6.29. The Bertz CT molecular complexity index is 527. The fraction of sp³-hybridized carbons (Fsp3) is 0.375. The molecular formula is C8H6ClF3N4O. The molecular weight excluding hydrogens is 261 g/mol. The monoisotopic (exact) mass is 266 g/mol. The standard InChI is InChI=1S/C8H6ClF3N4O/c9-5-3-6(17-2-1-8(10,11)12)16-7(15-5)13-4-14-16/h3-4H,1-2H2. The van der Waals surface area contributed by atoms with E-state index in [2.05, 4.69) is 15.1 Å². The summed E-state index contributed by atoms with van der Waals surface area (Å²) in [5.74, 6) is 0.237. The summed E-state index contributed by atoms with van der Waals surface area (Å²) in [5.41, 5.74) is 0. The van der Waals surface area contributed by atoms with Gasteiger partial charge in [-0.1, -0.05) is 11.6 Å². The summed E-state index contributed by atoms with van der Waals surface area (Å²) < 4.78 is 41.9. The number of alkyl halides is 3. The highest BCUT2D eigenvalue weighted by atomic mass is 35.5. The van der Waals surface area contributed by atoms with E-state index in [0.29, 0.717) is 0 Å². The van der Waals surface area contributed by atoms with Crippen molar-refractivity contribution < 1.29 is 17.9 Å². The minimum atomic E-state index is -4.27. The van der Waals surface area contributed by atoms with Crippen molar-refractivity contribution in [2.45, 2.75) is 12.6 Å². The zero-order chi connectivity index (χ0) is 12.5. The largest absolute Gasteiger partial charge is 0.477 e. The minimum absolute atomic E-state index is 0.0711. The predicted molar refractivity (Wildman–Crippen MR) is 52.0 cm³/mol. The summed E-state index contributed by atoms with van der Waals surface area (Å²) >= 11 is 5.66. The van der Waals surface area contributed by atoms with Crippen LogP contribution in [0, 0.1) is 0 Å². The summed E-state index contributed by atoms with van der Waals surface area (Å²) in [6, 6.07) is 1.28. The first-order valence-corrected chi connectivity index (χ1v) is 4.89. The summed E-state index contributed by atoms with van der Waals surface area (Å²) in [6.07, 6.45) is -4.11. The van der Waals surface area contributed by atoms with E-state index in [0.717, 1.165) is 0 Å². The van der Waals surface area contributed by atoms with Gasteiger partial charge in [-0.2, -0.15) is 32.8 Å². The molecule has 0 aliphatic rings. The van der Waals surface area contributed by atoms with E-state index >= 15 is 0 Å². The first kappa shape index (κ1) is 11.9. The van der Waals surface area contributed by atoms with Gasteiger partial charge in [-0.15, -0.1) is 0 Å². The molecule has 2 aromatic heterocycles. The molecule has 0 aliphatic carbocycles. The van der Waals surface area contributed by atoms with E-state index in [1.165, 1.54) is 16.9 Å². The van der Waals surface area contributed by atoms with Crippen LogP contribution in [0.4, 0.5) is 13.2 Å². The molecule has 0 atom stereocenters. The predicted octanol–water partition coefficient (Wildman–Crippen LogP) is 2.11. The Hall–Kier alpha value is -1.57. The molecule has 2 heterocycles. The normalized spacial score (nSPS) is 12.0. The SMILES string of the molecule is FC(F)(F)CCOc1cc(Cl)nc2ncnn12. The van der Waals surface area contributed by atoms with Gasteiger partial charge in [0.1, 0.15) is 11.5 Å². The van der Waals surface area contributed by atoms with Crippen molar-refractivity contribution in [2.75, 3.05) is 6.61 Å². The fourth-order valence-electron chi connectivity index (χ4n) is 1.13. The first-order chi connectivity index (χ1) is 7.96. The molecule has 0 radical (unpaired) electrons. The number of fused-ring (bicyclic) bond motifs is 1. The van der Waals surface area contributed by atoms with Gasteiger partial charge in [-0.25, -0.2) is 0 Å². The highest BCUT2D eigenvalue weighted by Gasteiger charge is 2.27. The van der Waals surface area contributed by atoms with Gasteiger partial charge in [0.15, 0.2) is 0 Å². The molecule has 0 saturated carbocycles. The van der Waals surface area contributed by atoms with Crippen molar-refractivity contribution in [1.29, 1.82) is 0 Å². The van der Waals surface area contributed by atoms with E-state index in [1.807, 2.05) is 0 Å². The molecule has 0 bridgehead atoms. The number of nitrogens with zero attached hydrogens (tertiary/aromatic N) is 4. The number of aromatic nitrogens is 4. The van der Waals surface area contributed by atoms with Crippen molar-refractivity contribution in [3.05, 3.63) is 17.5 Å². The third-order valence-corrected chi connectivity index (χ3v) is 2.02. The van der Waals surface area contributed by atoms with Crippen LogP contribution in [-0.2, 0) is 0 Å². The Kier molecular flexibility index (Phi) is 3.05. The maximum Gasteiger partial charge on any atom is 0.392 e. The van der Waals surface area contributed by atoms with Gasteiger partial charge < -0.3 is 4.74 Å². The lowest BCUT2D eigenvalue weighted by Gasteiger charge is -2.09. The van der Waals surface area contributed by atoms with Crippen molar-refractivity contribution >= 4 is 17.4 Å². The Morgan fingerprint density at radius 2 is 2.18 bits per heavy atom. The lowest BCUT2D eigenvalue weighted by atomic mass is 10.4. The summed E-state index contributed by atoms with van der Waals surface area (Å²) in [6.45, 7) is -0.515. The highest BCUT2D eigenvalue weighted by Crippen LogP contribution is 2.21. The lowest BCUT2D eigenvalue weighted by Crippen LogP contribution is -2.14. The Labute approximate surface area is 98.2 Å². The van der Waals surface area contributed by atoms with Crippen molar-refractivity contribution in [3.63, 3.8) is 0 Å². The topological polar surface area (TPSA) is 52.3 Å². The third-order valence-electron chi connectivity index (χ3n) is 1.82. The second-order valence-corrected chi connectivity index (χ2v) is 3.49. The number of halogens is 4. The molecule has 0 unspecified atom stereocenters. The van der Waals surface area contributed by atoms with Crippen LogP contribution >= 0.6 is 11.6 Å². The van der Waals surface area contributed by atoms with Crippen LogP contribution in [0.2, 0.25) is 5.15 Å². The van der Waals surface area contributed by atoms with Crippen LogP contribution in [0.25, 0.3) is 5.78 Å². The summed E-state index contributed by atoms with van der Waals surface area (Å²) in [7, 11) is 0. The second-order valence-electron chi connectivity index (χ2n) is 3.10. The van der Waals surface area contributed by atoms with Crippen LogP contribution in [-0.4, -0.2) is 32.4 Å². The summed E-state index contributed by atoms with van der Waals surface area (Å²) in [5, 5.41) is 3.83. The van der Waals surface area contributed by atoms with E-state index < -0.39 is 19.2 Å². The van der Waals surface area contributed by atoms with Crippen LogP contribution in [0.5, 0.6) is 5.88 Å². The number of hydrogen-bond acceptors (Lipinski definition) is 4. The van der Waals surface area contributed by atoms with Gasteiger partial charge in [-0.3, -0.25) is 0 Å². The van der Waals surface area contributed by atoms with Crippen LogP contribution < -0.4 is 4.74 Å². The third kappa shape index (κ3) is 2.96. The number of rotatable bonds is 3. The van der Waals surface area contributed by atoms with Gasteiger partial charge in [-0.05, 0) is 0 Å². The molecule has 5 nitrogen and oxygen atoms in total. The van der Waals surface area contributed by atoms with Crippen LogP contribution in [0.1, 0.15) is 6.42 Å². The molecule has 0 amide bonds. The van der Waals surface area contributed by atoms with E-state index in [9.17, 15) is 13.2 Å². The minimum Gasteiger partial charge on any atom is -0.477 e. The van der Waals surface area contributed by atoms with Crippen LogP contribution in [0.3, 0.4) is 0 Å². The fourth-order valence-corrected chi connectivity index (χ4v) is 1.30. The molecule has 0 spiro atoms. The Morgan fingerprint density at radius 3 is 2.88 bits per heavy atom. The molecule has 0 saturated heterocycles. The Morgan fingerprint density at radius 1 is 1.41 bits per heavy atom. The second kappa shape index (κ2) is 4.36. The van der Waals surface area contributed by atoms with Crippen molar-refractivity contribution in [3.8, 4) is 5.88 Å². The molecule has 9 heteroatoms. The zero-order valence-corrected chi connectivity index (χ0v) is 9.03. The van der Waals surface area contributed by atoms with E-state index in [4.69, 9.17) is 16.3 Å². The summed E-state index contributed by atoms with van der Waals surface area (Å²) in [4.78, 5) is 7.56. The van der Waals surface area contributed by atoms with Gasteiger partial charge in [0.2, 0.25) is 5.88 Å². The van der Waals surface area contributed by atoms with E-state index in [-0.39, 0.29) is 16.8 Å². The van der Waals surface area contributed by atoms with Gasteiger partial charge >= 0.3 is 6.18 Å². The maximum absolute atomic E-state index is 11.9. The smallest absolute Gasteiger partial charge is 0.392 e. The molecule has 2 aromatic rings. The van der Waals surface area contributed by atoms with E-state index in [1.54, 1.807) is 0 Å². The van der Waals surface area contributed by atoms with Crippen LogP contribution in [0.15, 0.2) is 12.4 Å². The molecule has 0 aliphatic heterocycles. The maximum atomic E-state index is 11.9. The quantitative estimate of drug-likeness (QED) is 0.799. The molecule has 17 heavy (non-hydrogen) atoms. The molecule has 92 valence electrons. The van der Waals surface area contributed by atoms with Crippen molar-refractivity contribution in [1.82, 2.24) is 19.6 Å². The molecule has 0 fully saturated rings. The average molecular weight is 267 g/mol. The number of hydrogen-bond donors (Lipinski definition) is 0. The van der Waals surface area contributed by atoms with Crippen molar-refractivity contribution in [2.24, 2.45) is 0 Å².